The molecule has 15 aromatic rings. The maximum Gasteiger partial charge on any atom is 0.490 e. The normalized spacial score (nSPS) is 10.3. The van der Waals surface area contributed by atoms with Crippen LogP contribution in [0.3, 0.4) is 0 Å². The molecule has 0 amide bonds. The molecule has 0 radical (unpaired) electrons. The van der Waals surface area contributed by atoms with Gasteiger partial charge >= 0.3 is 12.1 Å². The van der Waals surface area contributed by atoms with Crippen LogP contribution in [0.15, 0.2) is 166 Å². The van der Waals surface area contributed by atoms with E-state index in [1.165, 1.54) is 0 Å². The number of terminal acetylenes is 1. The van der Waals surface area contributed by atoms with Crippen LogP contribution in [0.25, 0.3) is 83.8 Å². The average Bonchev–Trinajstić information content (AvgIpc) is 1.76. The number of halogens is 3. The summed E-state index contributed by atoms with van der Waals surface area (Å²) in [4.78, 5) is 65.2. The molecule has 0 saturated carbocycles. The van der Waals surface area contributed by atoms with Crippen molar-refractivity contribution in [3.05, 3.63) is 200 Å². The SMILES string of the molecule is C#CC#CC#CC#CC#CC.CC#CC#CC#CC#CC#CC.Cc1cc(Oc2nccc3[nH]cnc23)ccc1-c1c(C)ncc2nccn12.Cc1cc(Oc2nccc3c2ncn3COCC[Si](C)(C)C)ccc1-c1c(C)ncc2nccn12.Cc1cc(Oc2nccc3ncn(COCC[Si](C)(C)C)c23)ccc1-c1c(C)ncc2nccn12.O=C(O)C(F)(F)F. The number of nitrogens with one attached hydrogen (secondary N) is 1. The van der Waals surface area contributed by atoms with Crippen LogP contribution in [-0.4, -0.2) is 134 Å². The summed E-state index contributed by atoms with van der Waals surface area (Å²) in [5.74, 6) is 48.3. The van der Waals surface area contributed by atoms with Gasteiger partial charge in [0.25, 0.3) is 0 Å². The number of aryl methyl sites for hydroxylation is 6. The number of fused-ring (bicyclic) bond motifs is 6. The van der Waals surface area contributed by atoms with Crippen molar-refractivity contribution in [2.45, 2.75) is 133 Å². The largest absolute Gasteiger partial charge is 0.490 e. The first-order valence-corrected chi connectivity index (χ1v) is 46.8. The Morgan fingerprint density at radius 3 is 1.24 bits per heavy atom. The van der Waals surface area contributed by atoms with Crippen LogP contribution in [0, 0.1) is 160 Å². The third-order valence-electron chi connectivity index (χ3n) is 18.1. The van der Waals surface area contributed by atoms with Gasteiger partial charge in [0.15, 0.2) is 28.0 Å². The molecule has 0 spiro atoms. The summed E-state index contributed by atoms with van der Waals surface area (Å²) >= 11 is 0. The number of imidazole rings is 6. The monoisotopic (exact) mass is 1730 g/mol. The number of nitrogens with zero attached hydrogens (tertiary/aromatic N) is 17. The number of alkyl halides is 3. The molecule has 15 rings (SSSR count). The highest BCUT2D eigenvalue weighted by molar-refractivity contribution is 6.76. The number of pyridine rings is 3. The zero-order valence-corrected chi connectivity index (χ0v) is 74.5. The van der Waals surface area contributed by atoms with Gasteiger partial charge in [0.05, 0.1) is 88.3 Å². The smallest absolute Gasteiger partial charge is 0.475 e. The van der Waals surface area contributed by atoms with Gasteiger partial charge in [-0.15, -0.1) is 6.42 Å². The molecule has 3 aromatic carbocycles. The molecule has 0 bridgehead atoms. The third-order valence-corrected chi connectivity index (χ3v) is 21.5. The highest BCUT2D eigenvalue weighted by atomic mass is 28.3. The molecule has 127 heavy (non-hydrogen) atoms. The summed E-state index contributed by atoms with van der Waals surface area (Å²) in [7, 11) is -2.26. The van der Waals surface area contributed by atoms with Crippen molar-refractivity contribution >= 4 is 72.2 Å². The number of carbonyl (C=O) groups is 1. The minimum atomic E-state index is -5.08. The van der Waals surface area contributed by atoms with Crippen LogP contribution in [-0.2, 0) is 27.7 Å². The fourth-order valence-electron chi connectivity index (χ4n) is 12.0. The highest BCUT2D eigenvalue weighted by Gasteiger charge is 2.38. The summed E-state index contributed by atoms with van der Waals surface area (Å²) in [5, 5.41) is 7.12. The van der Waals surface area contributed by atoms with E-state index in [2.05, 4.69) is 263 Å². The number of hydrogen-bond acceptors (Lipinski definition) is 18. The Morgan fingerprint density at radius 1 is 0.449 bits per heavy atom. The molecular formula is C97H87F3N18O7Si2. The van der Waals surface area contributed by atoms with Gasteiger partial charge in [0, 0.05) is 102 Å². The third kappa shape index (κ3) is 26.3. The lowest BCUT2D eigenvalue weighted by molar-refractivity contribution is -0.192. The van der Waals surface area contributed by atoms with Crippen LogP contribution in [0.1, 0.15) is 54.5 Å². The van der Waals surface area contributed by atoms with Gasteiger partial charge in [0.2, 0.25) is 17.6 Å². The van der Waals surface area contributed by atoms with Crippen molar-refractivity contribution in [2.75, 3.05) is 13.2 Å². The van der Waals surface area contributed by atoms with Crippen molar-refractivity contribution in [3.8, 4) is 188 Å². The number of benzene rings is 3. The van der Waals surface area contributed by atoms with Gasteiger partial charge in [-0.25, -0.2) is 49.7 Å². The predicted molar refractivity (Wildman–Crippen MR) is 491 cm³/mol. The second-order valence-electron chi connectivity index (χ2n) is 29.9. The molecular weight excluding hydrogens is 1640 g/mol. The van der Waals surface area contributed by atoms with E-state index in [4.69, 9.17) is 40.0 Å². The maximum absolute atomic E-state index is 10.6. The lowest BCUT2D eigenvalue weighted by atomic mass is 10.0. The topological polar surface area (TPSA) is 277 Å². The zero-order chi connectivity index (χ0) is 91.1. The van der Waals surface area contributed by atoms with Crippen molar-refractivity contribution < 1.29 is 46.8 Å². The lowest BCUT2D eigenvalue weighted by Crippen LogP contribution is -2.22. The molecule has 30 heteroatoms. The molecule has 25 nitrogen and oxygen atoms in total. The van der Waals surface area contributed by atoms with Crippen LogP contribution < -0.4 is 14.2 Å². The lowest BCUT2D eigenvalue weighted by Gasteiger charge is -2.16. The molecule has 0 aliphatic carbocycles. The number of carboxylic acid groups (broad SMARTS) is 1. The van der Waals surface area contributed by atoms with Gasteiger partial charge in [-0.3, -0.25) is 28.2 Å². The molecule has 12 heterocycles. The van der Waals surface area contributed by atoms with E-state index in [9.17, 15) is 13.2 Å². The van der Waals surface area contributed by atoms with E-state index in [0.717, 1.165) is 132 Å². The van der Waals surface area contributed by atoms with Crippen LogP contribution in [0.4, 0.5) is 13.2 Å². The Hall–Kier alpha value is -16.0. The Balaban J connectivity index is 0.000000172. The predicted octanol–water partition coefficient (Wildman–Crippen LogP) is 18.1. The number of rotatable bonds is 19. The molecule has 0 saturated heterocycles. The van der Waals surface area contributed by atoms with Crippen LogP contribution in [0.5, 0.6) is 34.9 Å². The summed E-state index contributed by atoms with van der Waals surface area (Å²) in [6.07, 6.45) is 26.7. The summed E-state index contributed by atoms with van der Waals surface area (Å²) < 4.78 is 72.2. The molecule has 12 aromatic heterocycles. The van der Waals surface area contributed by atoms with E-state index in [1.54, 1.807) is 95.5 Å². The van der Waals surface area contributed by atoms with Crippen LogP contribution >= 0.6 is 0 Å². The van der Waals surface area contributed by atoms with Gasteiger partial charge in [-0.1, -0.05) is 57.0 Å². The quantitative estimate of drug-likeness (QED) is 0.0432. The fourth-order valence-corrected chi connectivity index (χ4v) is 13.6. The van der Waals surface area contributed by atoms with Gasteiger partial charge in [-0.2, -0.15) is 13.2 Å². The molecule has 0 aliphatic rings. The fraction of sp³-hybridized carbons (Fsp3) is 0.227. The summed E-state index contributed by atoms with van der Waals surface area (Å²) in [5.41, 5.74) is 19.7. The highest BCUT2D eigenvalue weighted by Crippen LogP contribution is 2.37. The summed E-state index contributed by atoms with van der Waals surface area (Å²) in [6, 6.07) is 26.0. The van der Waals surface area contributed by atoms with E-state index < -0.39 is 28.3 Å². The van der Waals surface area contributed by atoms with E-state index in [1.807, 2.05) is 109 Å². The first-order valence-electron chi connectivity index (χ1n) is 39.3. The molecule has 0 aliphatic heterocycles. The number of aromatic amines is 1. The Kier molecular flexibility index (Phi) is 32.8. The first kappa shape index (κ1) is 93.3. The number of H-pyrrole nitrogens is 1. The Labute approximate surface area is 735 Å². The standard InChI is InChI=1S/2C26H30N6O2Si.C20H16N6O.C12H6.C11H4.C2HF3O2/c1-18-14-20(6-7-21(18)25-19(2)29-15-23-27-10-11-32(23)25)34-26-24-22(8-9-28-26)31(16-30-24)17-33-12-13-35(3,4)5;1-18-14-20(6-7-21(18)24-19(2)29-15-23-27-10-11-32(23)24)34-26-25-22(8-9-28-26)30-16-31(25)17-33-12-13-35(3,4)5;1-12-9-14(27-20-18-16(5-6-22-20)24-11-25-18)3-4-15(12)19-13(2)23-10-17-21-7-8-26(17)19;1-3-5-7-9-11-12-10-8-6-4-2;1-3-5-7-9-11-10-8-6-4-2;3-2(4,5)1(6)7/h2*6-11,14-16H,12-13,17H2,1-5H3;3-11H,1-2H3,(H,24,25);1-2H3;1H,2H3;(H,6,7). The van der Waals surface area contributed by atoms with Crippen molar-refractivity contribution in [1.29, 1.82) is 0 Å². The summed E-state index contributed by atoms with van der Waals surface area (Å²) in [6.45, 7) is 33.8. The maximum atomic E-state index is 10.6. The molecule has 0 atom stereocenters. The number of carboxylic acids is 1. The molecule has 2 N–H and O–H groups in total. The second-order valence-corrected chi connectivity index (χ2v) is 41.1. The Bertz CT molecular complexity index is 7150. The van der Waals surface area contributed by atoms with Gasteiger partial charge in [0.1, 0.15) is 36.2 Å². The first-order chi connectivity index (χ1) is 61.1. The van der Waals surface area contributed by atoms with Crippen LogP contribution in [0.2, 0.25) is 51.4 Å². The second kappa shape index (κ2) is 44.7. The van der Waals surface area contributed by atoms with E-state index in [0.29, 0.717) is 59.4 Å². The number of aromatic nitrogens is 18. The van der Waals surface area contributed by atoms with Crippen molar-refractivity contribution in [2.24, 2.45) is 0 Å². The number of ether oxygens (including phenoxy) is 5. The van der Waals surface area contributed by atoms with Crippen molar-refractivity contribution in [3.63, 3.8) is 0 Å². The minimum Gasteiger partial charge on any atom is -0.475 e. The van der Waals surface area contributed by atoms with E-state index in [-0.39, 0.29) is 0 Å². The average molecular weight is 1730 g/mol. The number of hydrogen-bond donors (Lipinski definition) is 2. The Morgan fingerprint density at radius 2 is 0.827 bits per heavy atom. The van der Waals surface area contributed by atoms with Gasteiger partial charge < -0.3 is 42.9 Å². The molecule has 0 fully saturated rings. The van der Waals surface area contributed by atoms with E-state index >= 15 is 0 Å². The number of aliphatic carboxylic acids is 1. The molecule has 0 unspecified atom stereocenters. The zero-order valence-electron chi connectivity index (χ0n) is 72.5. The minimum absolute atomic E-state index is 0.419. The van der Waals surface area contributed by atoms with Crippen molar-refractivity contribution in [1.82, 2.24) is 87.1 Å². The van der Waals surface area contributed by atoms with Gasteiger partial charge in [-0.05, 0) is 259 Å². The molecule has 636 valence electrons.